The molecule has 0 aliphatic carbocycles. The van der Waals surface area contributed by atoms with E-state index in [4.69, 9.17) is 4.89 Å². The molecular weight excluding hydrogens is 273 g/mol. The third kappa shape index (κ3) is 3.17. The Hall–Kier alpha value is -1.14. The van der Waals surface area contributed by atoms with Crippen molar-refractivity contribution < 1.29 is 35.8 Å². The summed E-state index contributed by atoms with van der Waals surface area (Å²) < 4.78 is 84.3. The van der Waals surface area contributed by atoms with Crippen molar-refractivity contribution in [2.45, 2.75) is 12.4 Å². The van der Waals surface area contributed by atoms with Crippen molar-refractivity contribution in [1.29, 1.82) is 0 Å². The summed E-state index contributed by atoms with van der Waals surface area (Å²) >= 11 is 0. The van der Waals surface area contributed by atoms with Crippen LogP contribution in [0, 0.1) is 0 Å². The summed E-state index contributed by atoms with van der Waals surface area (Å²) in [7, 11) is -3.37. The lowest BCUT2D eigenvalue weighted by Gasteiger charge is -2.10. The molecule has 1 unspecified atom stereocenters. The van der Waals surface area contributed by atoms with Crippen LogP contribution in [0.3, 0.4) is 0 Å². The summed E-state index contributed by atoms with van der Waals surface area (Å²) in [6.07, 6.45) is -10.1. The van der Waals surface area contributed by atoms with Crippen LogP contribution >= 0.6 is 8.03 Å². The van der Waals surface area contributed by atoms with Crippen molar-refractivity contribution in [2.24, 2.45) is 0 Å². The molecule has 1 aromatic carbocycles. The van der Waals surface area contributed by atoms with Gasteiger partial charge < -0.3 is 0 Å². The summed E-state index contributed by atoms with van der Waals surface area (Å²) in [6, 6.07) is 0.497. The summed E-state index contributed by atoms with van der Waals surface area (Å²) in [5, 5.41) is -1.07. The molecule has 0 heterocycles. The molecule has 0 spiro atoms. The van der Waals surface area contributed by atoms with Gasteiger partial charge in [-0.3, -0.25) is 0 Å². The van der Waals surface area contributed by atoms with Crippen LogP contribution in [0.2, 0.25) is 0 Å². The molecule has 0 radical (unpaired) electrons. The van der Waals surface area contributed by atoms with Gasteiger partial charge in [-0.05, 0) is 22.8 Å². The molecule has 1 N–H and O–H groups in total. The Labute approximate surface area is 91.7 Å². The second-order valence-electron chi connectivity index (χ2n) is 3.00. The molecule has 0 saturated carbocycles. The molecule has 0 aliphatic rings. The van der Waals surface area contributed by atoms with Gasteiger partial charge >= 0.3 is 20.4 Å². The molecule has 1 rings (SSSR count). The molecule has 0 saturated heterocycles. The van der Waals surface area contributed by atoms with Gasteiger partial charge in [0.15, 0.2) is 0 Å². The lowest BCUT2D eigenvalue weighted by atomic mass is 10.1. The molecule has 0 fully saturated rings. The summed E-state index contributed by atoms with van der Waals surface area (Å²) in [5.74, 6) is 0. The average molecular weight is 277 g/mol. The van der Waals surface area contributed by atoms with Gasteiger partial charge in [0.1, 0.15) is 5.56 Å². The number of benzene rings is 1. The minimum absolute atomic E-state index is 0.182. The highest BCUT2D eigenvalue weighted by Gasteiger charge is 2.42. The van der Waals surface area contributed by atoms with Crippen LogP contribution in [0.15, 0.2) is 18.2 Å². The van der Waals surface area contributed by atoms with E-state index in [-0.39, 0.29) is 6.07 Å². The standard InChI is InChI=1S/C8H3F6O2P/c9-7(10,11)4-1-2-6(17(15)16)5(3-4)8(12,13)14/h1-3H/p+1. The number of rotatable bonds is 1. The highest BCUT2D eigenvalue weighted by molar-refractivity contribution is 7.47. The van der Waals surface area contributed by atoms with Gasteiger partial charge in [0.05, 0.1) is 5.56 Å². The van der Waals surface area contributed by atoms with E-state index < -0.39 is 36.8 Å². The first-order valence-electron chi connectivity index (χ1n) is 3.98. The van der Waals surface area contributed by atoms with Gasteiger partial charge in [0, 0.05) is 0 Å². The highest BCUT2D eigenvalue weighted by atomic mass is 31.1. The Balaban J connectivity index is 3.46. The van der Waals surface area contributed by atoms with Crippen molar-refractivity contribution in [2.75, 3.05) is 0 Å². The Morgan fingerprint density at radius 3 is 1.88 bits per heavy atom. The Morgan fingerprint density at radius 2 is 1.53 bits per heavy atom. The average Bonchev–Trinajstić information content (AvgIpc) is 2.14. The summed E-state index contributed by atoms with van der Waals surface area (Å²) in [6.45, 7) is 0. The summed E-state index contributed by atoms with van der Waals surface area (Å²) in [5.41, 5.74) is -3.28. The minimum atomic E-state index is -5.12. The van der Waals surface area contributed by atoms with Crippen molar-refractivity contribution >= 4 is 13.3 Å². The van der Waals surface area contributed by atoms with Gasteiger partial charge in [-0.25, -0.2) is 0 Å². The topological polar surface area (TPSA) is 37.3 Å². The number of hydrogen-bond donors (Lipinski definition) is 1. The van der Waals surface area contributed by atoms with Crippen LogP contribution < -0.4 is 5.30 Å². The van der Waals surface area contributed by atoms with Crippen molar-refractivity contribution in [3.8, 4) is 0 Å². The first kappa shape index (κ1) is 13.9. The van der Waals surface area contributed by atoms with Crippen LogP contribution in [0.4, 0.5) is 26.3 Å². The quantitative estimate of drug-likeness (QED) is 0.632. The maximum Gasteiger partial charge on any atom is 0.546 e. The van der Waals surface area contributed by atoms with Crippen LogP contribution in [0.25, 0.3) is 0 Å². The second kappa shape index (κ2) is 4.27. The highest BCUT2D eigenvalue weighted by Crippen LogP contribution is 2.36. The fourth-order valence-electron chi connectivity index (χ4n) is 1.11. The fourth-order valence-corrected chi connectivity index (χ4v) is 1.71. The van der Waals surface area contributed by atoms with Gasteiger partial charge in [-0.1, -0.05) is 0 Å². The lowest BCUT2D eigenvalue weighted by Crippen LogP contribution is -2.19. The van der Waals surface area contributed by atoms with Crippen molar-refractivity contribution in [3.05, 3.63) is 29.3 Å². The number of hydrogen-bond acceptors (Lipinski definition) is 1. The number of halogens is 6. The zero-order valence-corrected chi connectivity index (χ0v) is 8.70. The van der Waals surface area contributed by atoms with Crippen LogP contribution in [0.1, 0.15) is 11.1 Å². The van der Waals surface area contributed by atoms with E-state index in [9.17, 15) is 30.9 Å². The molecule has 17 heavy (non-hydrogen) atoms. The lowest BCUT2D eigenvalue weighted by molar-refractivity contribution is -0.142. The predicted molar refractivity (Wildman–Crippen MR) is 45.9 cm³/mol. The van der Waals surface area contributed by atoms with Crippen LogP contribution in [0.5, 0.6) is 0 Å². The van der Waals surface area contributed by atoms with E-state index in [0.717, 1.165) is 0 Å². The molecule has 94 valence electrons. The van der Waals surface area contributed by atoms with E-state index in [1.165, 1.54) is 0 Å². The minimum Gasteiger partial charge on any atom is -0.166 e. The normalized spacial score (nSPS) is 13.7. The smallest absolute Gasteiger partial charge is 0.166 e. The van der Waals surface area contributed by atoms with Gasteiger partial charge in [0.2, 0.25) is 5.30 Å². The van der Waals surface area contributed by atoms with Gasteiger partial charge in [0.25, 0.3) is 0 Å². The zero-order valence-electron chi connectivity index (χ0n) is 7.80. The van der Waals surface area contributed by atoms with E-state index in [1.54, 1.807) is 0 Å². The molecular formula is C8H4F6O2P+. The van der Waals surface area contributed by atoms with Crippen molar-refractivity contribution in [1.82, 2.24) is 0 Å². The molecule has 2 nitrogen and oxygen atoms in total. The second-order valence-corrected chi connectivity index (χ2v) is 4.03. The van der Waals surface area contributed by atoms with Crippen molar-refractivity contribution in [3.63, 3.8) is 0 Å². The zero-order chi connectivity index (χ0) is 13.4. The molecule has 1 atom stereocenters. The first-order valence-corrected chi connectivity index (χ1v) is 5.19. The van der Waals surface area contributed by atoms with Crippen LogP contribution in [-0.2, 0) is 16.9 Å². The third-order valence-corrected chi connectivity index (χ3v) is 2.64. The van der Waals surface area contributed by atoms with E-state index in [1.807, 2.05) is 0 Å². The van der Waals surface area contributed by atoms with Crippen LogP contribution in [-0.4, -0.2) is 4.89 Å². The number of alkyl halides is 6. The molecule has 0 aromatic heterocycles. The first-order chi connectivity index (χ1) is 7.53. The van der Waals surface area contributed by atoms with Gasteiger partial charge in [-0.2, -0.15) is 31.2 Å². The third-order valence-electron chi connectivity index (χ3n) is 1.84. The maximum atomic E-state index is 12.4. The molecule has 0 bridgehead atoms. The van der Waals surface area contributed by atoms with E-state index in [0.29, 0.717) is 12.1 Å². The molecule has 0 amide bonds. The monoisotopic (exact) mass is 277 g/mol. The van der Waals surface area contributed by atoms with E-state index >= 15 is 0 Å². The van der Waals surface area contributed by atoms with E-state index in [2.05, 4.69) is 0 Å². The largest absolute Gasteiger partial charge is 0.546 e. The SMILES string of the molecule is O=[P+](O)c1ccc(C(F)(F)F)cc1C(F)(F)F. The molecule has 9 heteroatoms. The summed E-state index contributed by atoms with van der Waals surface area (Å²) in [4.78, 5) is 8.59. The molecule has 0 aliphatic heterocycles. The maximum absolute atomic E-state index is 12.4. The fraction of sp³-hybridized carbons (Fsp3) is 0.250. The Kier molecular flexibility index (Phi) is 3.50. The predicted octanol–water partition coefficient (Wildman–Crippen LogP) is 3.08. The molecule has 1 aromatic rings. The van der Waals surface area contributed by atoms with Gasteiger partial charge in [-0.15, -0.1) is 0 Å². The Morgan fingerprint density at radius 1 is 1.00 bits per heavy atom. The Bertz CT molecular complexity index is 450.